The van der Waals surface area contributed by atoms with Gasteiger partial charge in [0.05, 0.1) is 12.9 Å². The second-order valence-corrected chi connectivity index (χ2v) is 5.21. The van der Waals surface area contributed by atoms with Crippen LogP contribution in [0, 0.1) is 0 Å². The van der Waals surface area contributed by atoms with E-state index in [1.54, 1.807) is 6.26 Å². The minimum Gasteiger partial charge on any atom is -0.494 e. The molecule has 114 valence electrons. The van der Waals surface area contributed by atoms with Gasteiger partial charge in [0.2, 0.25) is 0 Å². The van der Waals surface area contributed by atoms with Gasteiger partial charge in [-0.25, -0.2) is 0 Å². The van der Waals surface area contributed by atoms with E-state index >= 15 is 0 Å². The summed E-state index contributed by atoms with van der Waals surface area (Å²) in [6.45, 7) is 4.81. The minimum atomic E-state index is 0.814. The zero-order valence-corrected chi connectivity index (χ0v) is 12.8. The van der Waals surface area contributed by atoms with Gasteiger partial charge in [-0.15, -0.1) is 0 Å². The normalized spacial score (nSPS) is 10.7. The predicted octanol–water partition coefficient (Wildman–Crippen LogP) is 4.18. The van der Waals surface area contributed by atoms with Crippen LogP contribution in [-0.2, 0) is 13.0 Å². The zero-order valence-electron chi connectivity index (χ0n) is 12.8. The lowest BCUT2D eigenvalue weighted by Gasteiger charge is -2.07. The average molecular weight is 287 g/mol. The Morgan fingerprint density at radius 3 is 2.67 bits per heavy atom. The van der Waals surface area contributed by atoms with Gasteiger partial charge in [-0.1, -0.05) is 31.9 Å². The number of rotatable bonds is 10. The monoisotopic (exact) mass is 287 g/mol. The fourth-order valence-corrected chi connectivity index (χ4v) is 2.14. The summed E-state index contributed by atoms with van der Waals surface area (Å²) in [4.78, 5) is 0. The molecule has 0 saturated carbocycles. The van der Waals surface area contributed by atoms with Gasteiger partial charge in [-0.05, 0) is 36.2 Å². The second-order valence-electron chi connectivity index (χ2n) is 5.21. The molecule has 0 aliphatic rings. The van der Waals surface area contributed by atoms with E-state index in [0.29, 0.717) is 0 Å². The van der Waals surface area contributed by atoms with Crippen molar-refractivity contribution in [1.82, 2.24) is 5.32 Å². The number of unbranched alkanes of at least 4 members (excludes halogenated alkanes) is 2. The Balaban J connectivity index is 1.62. The highest BCUT2D eigenvalue weighted by Crippen LogP contribution is 2.13. The van der Waals surface area contributed by atoms with E-state index in [4.69, 9.17) is 9.15 Å². The molecule has 1 heterocycles. The van der Waals surface area contributed by atoms with Gasteiger partial charge >= 0.3 is 0 Å². The van der Waals surface area contributed by atoms with Crippen LogP contribution >= 0.6 is 0 Å². The summed E-state index contributed by atoms with van der Waals surface area (Å²) in [7, 11) is 0. The van der Waals surface area contributed by atoms with Gasteiger partial charge in [0.25, 0.3) is 0 Å². The van der Waals surface area contributed by atoms with Gasteiger partial charge in [0.1, 0.15) is 11.5 Å². The average Bonchev–Trinajstić information content (AvgIpc) is 3.03. The van der Waals surface area contributed by atoms with Crippen molar-refractivity contribution >= 4 is 0 Å². The maximum atomic E-state index is 5.70. The Kier molecular flexibility index (Phi) is 6.89. The standard InChI is InChI=1S/C18H25NO2/c1-2-3-4-13-20-18-9-7-16(8-10-18)15-19-12-11-17-6-5-14-21-17/h5-10,14,19H,2-4,11-13,15H2,1H3. The highest BCUT2D eigenvalue weighted by atomic mass is 16.5. The third-order valence-electron chi connectivity index (χ3n) is 3.40. The zero-order chi connectivity index (χ0) is 14.8. The molecule has 0 unspecified atom stereocenters. The van der Waals surface area contributed by atoms with E-state index in [0.717, 1.165) is 44.0 Å². The fourth-order valence-electron chi connectivity index (χ4n) is 2.14. The second kappa shape index (κ2) is 9.24. The maximum Gasteiger partial charge on any atom is 0.119 e. The largest absolute Gasteiger partial charge is 0.494 e. The summed E-state index contributed by atoms with van der Waals surface area (Å²) in [6, 6.07) is 12.3. The molecule has 2 rings (SSSR count). The Labute approximate surface area is 127 Å². The van der Waals surface area contributed by atoms with Crippen molar-refractivity contribution in [2.45, 2.75) is 39.2 Å². The third kappa shape index (κ3) is 6.05. The molecule has 3 nitrogen and oxygen atoms in total. The van der Waals surface area contributed by atoms with Gasteiger partial charge in [-0.3, -0.25) is 0 Å². The first-order chi connectivity index (χ1) is 10.4. The summed E-state index contributed by atoms with van der Waals surface area (Å²) in [5, 5.41) is 3.42. The van der Waals surface area contributed by atoms with Gasteiger partial charge in [-0.2, -0.15) is 0 Å². The van der Waals surface area contributed by atoms with Crippen LogP contribution in [0.1, 0.15) is 37.5 Å². The van der Waals surface area contributed by atoms with Crippen molar-refractivity contribution in [2.75, 3.05) is 13.2 Å². The number of benzene rings is 1. The van der Waals surface area contributed by atoms with Crippen LogP contribution in [0.15, 0.2) is 47.1 Å². The molecule has 3 heteroatoms. The van der Waals surface area contributed by atoms with Crippen LogP contribution in [0.3, 0.4) is 0 Å². The molecule has 1 N–H and O–H groups in total. The number of hydrogen-bond acceptors (Lipinski definition) is 3. The van der Waals surface area contributed by atoms with Crippen LogP contribution in [0.2, 0.25) is 0 Å². The van der Waals surface area contributed by atoms with Gasteiger partial charge in [0, 0.05) is 19.5 Å². The summed E-state index contributed by atoms with van der Waals surface area (Å²) >= 11 is 0. The first-order valence-electron chi connectivity index (χ1n) is 7.83. The molecule has 0 aliphatic heterocycles. The molecule has 0 spiro atoms. The van der Waals surface area contributed by atoms with E-state index in [1.165, 1.54) is 18.4 Å². The van der Waals surface area contributed by atoms with E-state index in [9.17, 15) is 0 Å². The van der Waals surface area contributed by atoms with Crippen LogP contribution in [0.4, 0.5) is 0 Å². The molecule has 0 amide bonds. The molecule has 0 radical (unpaired) electrons. The van der Waals surface area contributed by atoms with Crippen molar-refractivity contribution in [1.29, 1.82) is 0 Å². The molecule has 0 aliphatic carbocycles. The fraction of sp³-hybridized carbons (Fsp3) is 0.444. The van der Waals surface area contributed by atoms with Gasteiger partial charge in [0.15, 0.2) is 0 Å². The highest BCUT2D eigenvalue weighted by molar-refractivity contribution is 5.27. The highest BCUT2D eigenvalue weighted by Gasteiger charge is 1.98. The first-order valence-corrected chi connectivity index (χ1v) is 7.83. The molecular weight excluding hydrogens is 262 g/mol. The number of furan rings is 1. The SMILES string of the molecule is CCCCCOc1ccc(CNCCc2ccco2)cc1. The van der Waals surface area contributed by atoms with E-state index in [2.05, 4.69) is 36.5 Å². The Hall–Kier alpha value is -1.74. The lowest BCUT2D eigenvalue weighted by Crippen LogP contribution is -2.16. The first kappa shape index (κ1) is 15.6. The molecule has 1 aromatic heterocycles. The topological polar surface area (TPSA) is 34.4 Å². The van der Waals surface area contributed by atoms with Crippen LogP contribution in [-0.4, -0.2) is 13.2 Å². The van der Waals surface area contributed by atoms with Crippen LogP contribution in [0.25, 0.3) is 0 Å². The Bertz CT molecular complexity index is 476. The van der Waals surface area contributed by atoms with Crippen molar-refractivity contribution in [3.63, 3.8) is 0 Å². The van der Waals surface area contributed by atoms with Crippen molar-refractivity contribution in [3.05, 3.63) is 54.0 Å². The van der Waals surface area contributed by atoms with E-state index in [1.807, 2.05) is 12.1 Å². The third-order valence-corrected chi connectivity index (χ3v) is 3.40. The molecule has 0 fully saturated rings. The summed E-state index contributed by atoms with van der Waals surface area (Å²) in [5.41, 5.74) is 1.27. The maximum absolute atomic E-state index is 5.70. The lowest BCUT2D eigenvalue weighted by molar-refractivity contribution is 0.306. The molecule has 0 saturated heterocycles. The number of ether oxygens (including phenoxy) is 1. The summed E-state index contributed by atoms with van der Waals surface area (Å²) < 4.78 is 11.0. The molecule has 21 heavy (non-hydrogen) atoms. The van der Waals surface area contributed by atoms with E-state index in [-0.39, 0.29) is 0 Å². The number of hydrogen-bond donors (Lipinski definition) is 1. The molecule has 0 atom stereocenters. The summed E-state index contributed by atoms with van der Waals surface area (Å²) in [6.07, 6.45) is 6.23. The quantitative estimate of drug-likeness (QED) is 0.666. The van der Waals surface area contributed by atoms with Crippen LogP contribution in [0.5, 0.6) is 5.75 Å². The molecule has 0 bridgehead atoms. The van der Waals surface area contributed by atoms with Crippen molar-refractivity contribution in [2.24, 2.45) is 0 Å². The Morgan fingerprint density at radius 2 is 1.95 bits per heavy atom. The predicted molar refractivity (Wildman–Crippen MR) is 85.6 cm³/mol. The summed E-state index contributed by atoms with van der Waals surface area (Å²) in [5.74, 6) is 1.99. The lowest BCUT2D eigenvalue weighted by atomic mass is 10.2. The van der Waals surface area contributed by atoms with Crippen molar-refractivity contribution in [3.8, 4) is 5.75 Å². The molecule has 1 aromatic carbocycles. The van der Waals surface area contributed by atoms with Gasteiger partial charge < -0.3 is 14.5 Å². The smallest absolute Gasteiger partial charge is 0.119 e. The van der Waals surface area contributed by atoms with Crippen molar-refractivity contribution < 1.29 is 9.15 Å². The van der Waals surface area contributed by atoms with Crippen LogP contribution < -0.4 is 10.1 Å². The minimum absolute atomic E-state index is 0.814. The Morgan fingerprint density at radius 1 is 1.10 bits per heavy atom. The molecular formula is C18H25NO2. The number of nitrogens with one attached hydrogen (secondary N) is 1. The van der Waals surface area contributed by atoms with E-state index < -0.39 is 0 Å². The molecule has 2 aromatic rings.